The van der Waals surface area contributed by atoms with E-state index in [1.165, 1.54) is 19.3 Å². The average molecular weight is 276 g/mol. The molecule has 3 aliphatic rings. The van der Waals surface area contributed by atoms with Crippen molar-refractivity contribution in [3.63, 3.8) is 0 Å². The lowest BCUT2D eigenvalue weighted by molar-refractivity contribution is -0.164. The summed E-state index contributed by atoms with van der Waals surface area (Å²) in [7, 11) is 0. The summed E-state index contributed by atoms with van der Waals surface area (Å²) in [6.07, 6.45) is 10.4. The van der Waals surface area contributed by atoms with Crippen molar-refractivity contribution < 1.29 is 9.90 Å². The third kappa shape index (κ3) is 1.87. The van der Waals surface area contributed by atoms with Crippen molar-refractivity contribution in [2.45, 2.75) is 65.7 Å². The van der Waals surface area contributed by atoms with Crippen LogP contribution < -0.4 is 0 Å². The highest BCUT2D eigenvalue weighted by molar-refractivity contribution is 5.75. The average Bonchev–Trinajstić information content (AvgIpc) is 2.37. The Morgan fingerprint density at radius 2 is 2.00 bits per heavy atom. The number of hydrogen-bond donors (Lipinski definition) is 1. The maximum absolute atomic E-state index is 11.9. The first-order chi connectivity index (χ1) is 9.38. The molecule has 0 bridgehead atoms. The van der Waals surface area contributed by atoms with Crippen LogP contribution in [0.15, 0.2) is 11.6 Å². The predicted octanol–water partition coefficient (Wildman–Crippen LogP) is 4.65. The minimum Gasteiger partial charge on any atom is -0.481 e. The molecule has 0 amide bonds. The van der Waals surface area contributed by atoms with E-state index < -0.39 is 11.4 Å². The van der Waals surface area contributed by atoms with Crippen molar-refractivity contribution in [1.29, 1.82) is 0 Å². The first kappa shape index (κ1) is 14.2. The van der Waals surface area contributed by atoms with Crippen LogP contribution in [0.4, 0.5) is 0 Å². The molecule has 20 heavy (non-hydrogen) atoms. The van der Waals surface area contributed by atoms with Gasteiger partial charge in [-0.3, -0.25) is 4.79 Å². The Morgan fingerprint density at radius 3 is 2.70 bits per heavy atom. The predicted molar refractivity (Wildman–Crippen MR) is 80.4 cm³/mol. The van der Waals surface area contributed by atoms with Crippen molar-refractivity contribution in [2.24, 2.45) is 28.6 Å². The van der Waals surface area contributed by atoms with Gasteiger partial charge in [-0.1, -0.05) is 31.9 Å². The van der Waals surface area contributed by atoms with E-state index in [2.05, 4.69) is 19.9 Å². The van der Waals surface area contributed by atoms with E-state index in [-0.39, 0.29) is 5.41 Å². The van der Waals surface area contributed by atoms with Crippen LogP contribution in [-0.4, -0.2) is 11.1 Å². The molecular formula is C18H28O2. The Labute approximate surface area is 122 Å². The third-order valence-corrected chi connectivity index (χ3v) is 6.84. The highest BCUT2D eigenvalue weighted by Crippen LogP contribution is 2.63. The summed E-state index contributed by atoms with van der Waals surface area (Å²) in [5, 5.41) is 9.77. The maximum Gasteiger partial charge on any atom is 0.309 e. The van der Waals surface area contributed by atoms with Crippen LogP contribution >= 0.6 is 0 Å². The molecule has 0 heterocycles. The van der Waals surface area contributed by atoms with Crippen LogP contribution in [0, 0.1) is 28.6 Å². The Kier molecular flexibility index (Phi) is 3.26. The second-order valence-electron chi connectivity index (χ2n) is 8.02. The number of carboxylic acids is 1. The van der Waals surface area contributed by atoms with E-state index in [1.54, 1.807) is 5.57 Å². The Hall–Kier alpha value is -0.790. The highest BCUT2D eigenvalue weighted by Gasteiger charge is 2.57. The van der Waals surface area contributed by atoms with Gasteiger partial charge in [0.1, 0.15) is 0 Å². The van der Waals surface area contributed by atoms with E-state index in [9.17, 15) is 9.90 Å². The fraction of sp³-hybridized carbons (Fsp3) is 0.833. The van der Waals surface area contributed by atoms with E-state index in [1.807, 2.05) is 6.92 Å². The largest absolute Gasteiger partial charge is 0.481 e. The number of aliphatic carboxylic acids is 1. The summed E-state index contributed by atoms with van der Waals surface area (Å²) in [4.78, 5) is 11.9. The molecule has 2 heteroatoms. The lowest BCUT2D eigenvalue weighted by Gasteiger charge is -2.58. The van der Waals surface area contributed by atoms with Crippen molar-refractivity contribution in [3.05, 3.63) is 11.6 Å². The number of rotatable bonds is 1. The summed E-state index contributed by atoms with van der Waals surface area (Å²) in [6.45, 7) is 6.73. The first-order valence-electron chi connectivity index (χ1n) is 8.32. The second-order valence-corrected chi connectivity index (χ2v) is 8.02. The summed E-state index contributed by atoms with van der Waals surface area (Å²) >= 11 is 0. The van der Waals surface area contributed by atoms with Crippen LogP contribution in [0.1, 0.15) is 65.7 Å². The Balaban J connectivity index is 1.99. The topological polar surface area (TPSA) is 37.3 Å². The van der Waals surface area contributed by atoms with E-state index in [0.717, 1.165) is 31.6 Å². The normalized spacial score (nSPS) is 48.0. The van der Waals surface area contributed by atoms with E-state index in [0.29, 0.717) is 11.8 Å². The van der Waals surface area contributed by atoms with Gasteiger partial charge in [-0.25, -0.2) is 0 Å². The number of carbonyl (C=O) groups is 1. The highest BCUT2D eigenvalue weighted by atomic mass is 16.4. The van der Waals surface area contributed by atoms with E-state index >= 15 is 0 Å². The van der Waals surface area contributed by atoms with Crippen molar-refractivity contribution >= 4 is 5.97 Å². The minimum atomic E-state index is -0.565. The Bertz CT molecular complexity index is 452. The molecule has 0 aromatic rings. The van der Waals surface area contributed by atoms with Gasteiger partial charge >= 0.3 is 5.97 Å². The maximum atomic E-state index is 11.9. The molecule has 2 saturated carbocycles. The van der Waals surface area contributed by atoms with E-state index in [4.69, 9.17) is 0 Å². The molecule has 0 aromatic carbocycles. The molecule has 5 unspecified atom stereocenters. The smallest absolute Gasteiger partial charge is 0.309 e. The number of carboxylic acid groups (broad SMARTS) is 1. The fourth-order valence-electron chi connectivity index (χ4n) is 5.74. The zero-order chi connectivity index (χ0) is 14.5. The SMILES string of the molecule is CC1C=C2CCC3C(C)(C(=O)O)CCCC3(C)C2CC1. The summed E-state index contributed by atoms with van der Waals surface area (Å²) in [6, 6.07) is 0. The number of hydrogen-bond acceptors (Lipinski definition) is 1. The summed E-state index contributed by atoms with van der Waals surface area (Å²) in [5.41, 5.74) is 1.37. The molecule has 1 N–H and O–H groups in total. The molecule has 2 nitrogen and oxygen atoms in total. The van der Waals surface area contributed by atoms with Gasteiger partial charge in [-0.05, 0) is 68.6 Å². The van der Waals surface area contributed by atoms with Gasteiger partial charge in [0.25, 0.3) is 0 Å². The number of allylic oxidation sites excluding steroid dienone is 2. The molecule has 5 atom stereocenters. The van der Waals surface area contributed by atoms with Crippen molar-refractivity contribution in [3.8, 4) is 0 Å². The van der Waals surface area contributed by atoms with Gasteiger partial charge in [-0.15, -0.1) is 0 Å². The zero-order valence-electron chi connectivity index (χ0n) is 13.1. The van der Waals surface area contributed by atoms with Gasteiger partial charge < -0.3 is 5.11 Å². The molecule has 0 saturated heterocycles. The molecule has 0 aromatic heterocycles. The van der Waals surface area contributed by atoms with Gasteiger partial charge in [0.05, 0.1) is 5.41 Å². The van der Waals surface area contributed by atoms with Gasteiger partial charge in [-0.2, -0.15) is 0 Å². The Morgan fingerprint density at radius 1 is 1.25 bits per heavy atom. The van der Waals surface area contributed by atoms with Gasteiger partial charge in [0.2, 0.25) is 0 Å². The van der Waals surface area contributed by atoms with Crippen LogP contribution in [0.3, 0.4) is 0 Å². The van der Waals surface area contributed by atoms with Gasteiger partial charge in [0, 0.05) is 0 Å². The summed E-state index contributed by atoms with van der Waals surface area (Å²) in [5.74, 6) is 1.16. The standard InChI is InChI=1S/C18H28O2/c1-12-5-7-14-13(11-12)6-8-15-17(14,2)9-4-10-18(15,3)16(19)20/h11-12,14-15H,4-10H2,1-3H3,(H,19,20). The fourth-order valence-corrected chi connectivity index (χ4v) is 5.74. The van der Waals surface area contributed by atoms with Crippen LogP contribution in [0.5, 0.6) is 0 Å². The molecule has 3 aliphatic carbocycles. The quantitative estimate of drug-likeness (QED) is 0.708. The minimum absolute atomic E-state index is 0.218. The van der Waals surface area contributed by atoms with Crippen molar-refractivity contribution in [2.75, 3.05) is 0 Å². The van der Waals surface area contributed by atoms with Crippen molar-refractivity contribution in [1.82, 2.24) is 0 Å². The number of fused-ring (bicyclic) bond motifs is 3. The molecule has 2 fully saturated rings. The monoisotopic (exact) mass is 276 g/mol. The molecule has 0 aliphatic heterocycles. The van der Waals surface area contributed by atoms with Crippen LogP contribution in [-0.2, 0) is 4.79 Å². The second kappa shape index (κ2) is 4.61. The summed E-state index contributed by atoms with van der Waals surface area (Å²) < 4.78 is 0. The van der Waals surface area contributed by atoms with Crippen LogP contribution in [0.2, 0.25) is 0 Å². The molecule has 3 rings (SSSR count). The molecule has 0 spiro atoms. The third-order valence-electron chi connectivity index (χ3n) is 6.84. The first-order valence-corrected chi connectivity index (χ1v) is 8.32. The lowest BCUT2D eigenvalue weighted by atomic mass is 9.46. The van der Waals surface area contributed by atoms with Crippen LogP contribution in [0.25, 0.3) is 0 Å². The molecule has 0 radical (unpaired) electrons. The molecule has 112 valence electrons. The molecular weight excluding hydrogens is 248 g/mol. The lowest BCUT2D eigenvalue weighted by Crippen LogP contribution is -2.53. The van der Waals surface area contributed by atoms with Gasteiger partial charge in [0.15, 0.2) is 0 Å². The zero-order valence-corrected chi connectivity index (χ0v) is 13.1.